The SMILES string of the molecule is CCn1cc(-c2cn[nH]n2)c(=O)c2cc(NC3Cc4ccccc4C3)cnc21. The van der Waals surface area contributed by atoms with Gasteiger partial charge in [0.05, 0.1) is 29.0 Å². The van der Waals surface area contributed by atoms with Crippen LogP contribution < -0.4 is 10.7 Å². The maximum atomic E-state index is 13.1. The smallest absolute Gasteiger partial charge is 0.200 e. The molecule has 7 heteroatoms. The Labute approximate surface area is 161 Å². The number of H-pyrrole nitrogens is 1. The van der Waals surface area contributed by atoms with Crippen molar-refractivity contribution in [3.63, 3.8) is 0 Å². The summed E-state index contributed by atoms with van der Waals surface area (Å²) in [6.45, 7) is 2.74. The van der Waals surface area contributed by atoms with Crippen LogP contribution in [0.3, 0.4) is 0 Å². The molecule has 0 saturated heterocycles. The van der Waals surface area contributed by atoms with Crippen LogP contribution in [0.25, 0.3) is 22.3 Å². The summed E-state index contributed by atoms with van der Waals surface area (Å²) < 4.78 is 1.97. The summed E-state index contributed by atoms with van der Waals surface area (Å²) in [4.78, 5) is 17.7. The number of benzene rings is 1. The number of hydrogen-bond acceptors (Lipinski definition) is 5. The number of aromatic nitrogens is 5. The van der Waals surface area contributed by atoms with Crippen LogP contribution in [0.15, 0.2) is 53.7 Å². The molecule has 1 aromatic carbocycles. The van der Waals surface area contributed by atoms with E-state index in [1.54, 1.807) is 12.4 Å². The Bertz CT molecular complexity index is 1190. The fourth-order valence-electron chi connectivity index (χ4n) is 4.00. The first kappa shape index (κ1) is 16.7. The van der Waals surface area contributed by atoms with Crippen LogP contribution in [0.5, 0.6) is 0 Å². The van der Waals surface area contributed by atoms with Crippen LogP contribution in [-0.4, -0.2) is 31.0 Å². The highest BCUT2D eigenvalue weighted by molar-refractivity contribution is 5.83. The van der Waals surface area contributed by atoms with Gasteiger partial charge in [-0.2, -0.15) is 15.4 Å². The Hall–Kier alpha value is -3.48. The van der Waals surface area contributed by atoms with E-state index in [4.69, 9.17) is 0 Å². The Morgan fingerprint density at radius 2 is 2.00 bits per heavy atom. The minimum atomic E-state index is -0.0838. The molecule has 1 aliphatic carbocycles. The van der Waals surface area contributed by atoms with Gasteiger partial charge in [0.1, 0.15) is 11.3 Å². The van der Waals surface area contributed by atoms with E-state index in [9.17, 15) is 4.79 Å². The molecule has 7 nitrogen and oxygen atoms in total. The Morgan fingerprint density at radius 3 is 2.68 bits per heavy atom. The van der Waals surface area contributed by atoms with E-state index >= 15 is 0 Å². The molecule has 0 amide bonds. The third kappa shape index (κ3) is 2.76. The summed E-state index contributed by atoms with van der Waals surface area (Å²) in [7, 11) is 0. The third-order valence-electron chi connectivity index (χ3n) is 5.37. The van der Waals surface area contributed by atoms with Gasteiger partial charge in [-0.25, -0.2) is 4.98 Å². The van der Waals surface area contributed by atoms with Gasteiger partial charge in [0, 0.05) is 18.8 Å². The van der Waals surface area contributed by atoms with Gasteiger partial charge in [0.2, 0.25) is 5.43 Å². The predicted octanol–water partition coefficient (Wildman–Crippen LogP) is 2.78. The van der Waals surface area contributed by atoms with E-state index in [-0.39, 0.29) is 5.43 Å². The maximum Gasteiger partial charge on any atom is 0.200 e. The van der Waals surface area contributed by atoms with Gasteiger partial charge in [0.25, 0.3) is 0 Å². The van der Waals surface area contributed by atoms with Gasteiger partial charge in [-0.3, -0.25) is 4.79 Å². The number of nitrogens with zero attached hydrogens (tertiary/aromatic N) is 4. The molecular formula is C21H20N6O. The largest absolute Gasteiger partial charge is 0.380 e. The number of pyridine rings is 2. The Balaban J connectivity index is 1.54. The highest BCUT2D eigenvalue weighted by Crippen LogP contribution is 2.25. The molecular weight excluding hydrogens is 352 g/mol. The molecule has 4 aromatic rings. The lowest BCUT2D eigenvalue weighted by atomic mass is 10.1. The first-order chi connectivity index (χ1) is 13.7. The summed E-state index contributed by atoms with van der Waals surface area (Å²) in [6.07, 6.45) is 7.13. The zero-order valence-corrected chi connectivity index (χ0v) is 15.5. The predicted molar refractivity (Wildman–Crippen MR) is 108 cm³/mol. The number of hydrogen-bond donors (Lipinski definition) is 2. The van der Waals surface area contributed by atoms with Crippen molar-refractivity contribution in [1.82, 2.24) is 25.0 Å². The second kappa shape index (κ2) is 6.60. The average molecular weight is 372 g/mol. The second-order valence-electron chi connectivity index (χ2n) is 7.13. The first-order valence-electron chi connectivity index (χ1n) is 9.45. The highest BCUT2D eigenvalue weighted by Gasteiger charge is 2.21. The Kier molecular flexibility index (Phi) is 3.93. The van der Waals surface area contributed by atoms with Gasteiger partial charge in [-0.15, -0.1) is 0 Å². The molecule has 140 valence electrons. The number of aryl methyl sites for hydroxylation is 1. The van der Waals surface area contributed by atoms with Crippen molar-refractivity contribution in [3.05, 3.63) is 70.3 Å². The van der Waals surface area contributed by atoms with Gasteiger partial charge in [-0.1, -0.05) is 24.3 Å². The normalized spacial score (nSPS) is 13.8. The van der Waals surface area contributed by atoms with E-state index < -0.39 is 0 Å². The number of fused-ring (bicyclic) bond motifs is 2. The van der Waals surface area contributed by atoms with Crippen LogP contribution in [0, 0.1) is 0 Å². The lowest BCUT2D eigenvalue weighted by Crippen LogP contribution is -2.20. The van der Waals surface area contributed by atoms with Gasteiger partial charge in [-0.05, 0) is 37.0 Å². The lowest BCUT2D eigenvalue weighted by molar-refractivity contribution is 0.769. The topological polar surface area (TPSA) is 88.5 Å². The molecule has 0 aliphatic heterocycles. The quantitative estimate of drug-likeness (QED) is 0.575. The molecule has 2 N–H and O–H groups in total. The minimum absolute atomic E-state index is 0.0838. The zero-order chi connectivity index (χ0) is 19.1. The van der Waals surface area contributed by atoms with Crippen LogP contribution in [0.2, 0.25) is 0 Å². The van der Waals surface area contributed by atoms with E-state index in [1.807, 2.05) is 23.8 Å². The molecule has 3 aromatic heterocycles. The molecule has 0 spiro atoms. The summed E-state index contributed by atoms with van der Waals surface area (Å²) in [6, 6.07) is 10.7. The average Bonchev–Trinajstić information content (AvgIpc) is 3.38. The molecule has 0 atom stereocenters. The lowest BCUT2D eigenvalue weighted by Gasteiger charge is -2.15. The summed E-state index contributed by atoms with van der Waals surface area (Å²) >= 11 is 0. The highest BCUT2D eigenvalue weighted by atomic mass is 16.1. The number of nitrogens with one attached hydrogen (secondary N) is 2. The fourth-order valence-corrected chi connectivity index (χ4v) is 4.00. The Morgan fingerprint density at radius 1 is 1.21 bits per heavy atom. The van der Waals surface area contributed by atoms with Crippen LogP contribution in [0.1, 0.15) is 18.1 Å². The summed E-state index contributed by atoms with van der Waals surface area (Å²) in [5.41, 5.74) is 5.29. The van der Waals surface area contributed by atoms with Gasteiger partial charge in [0.15, 0.2) is 0 Å². The van der Waals surface area contributed by atoms with Crippen molar-refractivity contribution < 1.29 is 0 Å². The minimum Gasteiger partial charge on any atom is -0.380 e. The van der Waals surface area contributed by atoms with Crippen LogP contribution in [0.4, 0.5) is 5.69 Å². The molecule has 0 saturated carbocycles. The molecule has 0 unspecified atom stereocenters. The maximum absolute atomic E-state index is 13.1. The standard InChI is InChI=1S/C21H20N6O/c1-2-27-12-18(19-11-23-26-25-19)20(28)17-9-16(10-22-21(17)27)24-15-7-13-5-3-4-6-14(13)8-15/h3-6,9-12,15,24H,2,7-8H2,1H3,(H,23,25,26). The number of anilines is 1. The van der Waals surface area contributed by atoms with E-state index in [0.29, 0.717) is 34.9 Å². The van der Waals surface area contributed by atoms with E-state index in [0.717, 1.165) is 18.5 Å². The van der Waals surface area contributed by atoms with Crippen molar-refractivity contribution in [2.45, 2.75) is 32.4 Å². The molecule has 3 heterocycles. The molecule has 0 bridgehead atoms. The molecule has 0 fully saturated rings. The van der Waals surface area contributed by atoms with E-state index in [1.165, 1.54) is 11.1 Å². The molecule has 28 heavy (non-hydrogen) atoms. The monoisotopic (exact) mass is 372 g/mol. The second-order valence-corrected chi connectivity index (χ2v) is 7.13. The van der Waals surface area contributed by atoms with E-state index in [2.05, 4.69) is 50.0 Å². The van der Waals surface area contributed by atoms with Crippen LogP contribution >= 0.6 is 0 Å². The number of rotatable bonds is 4. The first-order valence-corrected chi connectivity index (χ1v) is 9.45. The van der Waals surface area contributed by atoms with Crippen molar-refractivity contribution >= 4 is 16.7 Å². The van der Waals surface area contributed by atoms with Gasteiger partial charge >= 0.3 is 0 Å². The third-order valence-corrected chi connectivity index (χ3v) is 5.37. The molecule has 0 radical (unpaired) electrons. The van der Waals surface area contributed by atoms with Crippen molar-refractivity contribution in [1.29, 1.82) is 0 Å². The summed E-state index contributed by atoms with van der Waals surface area (Å²) in [5.74, 6) is 0. The molecule has 1 aliphatic rings. The molecule has 5 rings (SSSR count). The van der Waals surface area contributed by atoms with Crippen molar-refractivity contribution in [2.75, 3.05) is 5.32 Å². The fraction of sp³-hybridized carbons (Fsp3) is 0.238. The van der Waals surface area contributed by atoms with Crippen molar-refractivity contribution in [2.24, 2.45) is 0 Å². The number of aromatic amines is 1. The summed E-state index contributed by atoms with van der Waals surface area (Å²) in [5, 5.41) is 14.6. The zero-order valence-electron chi connectivity index (χ0n) is 15.5. The van der Waals surface area contributed by atoms with Crippen LogP contribution in [-0.2, 0) is 19.4 Å². The van der Waals surface area contributed by atoms with Crippen molar-refractivity contribution in [3.8, 4) is 11.3 Å². The van der Waals surface area contributed by atoms with Gasteiger partial charge < -0.3 is 9.88 Å².